The molecule has 2 rings (SSSR count). The highest BCUT2D eigenvalue weighted by molar-refractivity contribution is 6.08. The zero-order valence-electron chi connectivity index (χ0n) is 15.3. The van der Waals surface area contributed by atoms with Gasteiger partial charge in [0.05, 0.1) is 0 Å². The molecule has 2 aliphatic carbocycles. The summed E-state index contributed by atoms with van der Waals surface area (Å²) in [5, 5.41) is 19.1. The predicted octanol–water partition coefficient (Wildman–Crippen LogP) is 4.52. The maximum Gasteiger partial charge on any atom is 0.303 e. The average Bonchev–Trinajstić information content (AvgIpc) is 2.50. The zero-order chi connectivity index (χ0) is 18.3. The van der Waals surface area contributed by atoms with Gasteiger partial charge >= 0.3 is 5.97 Å². The van der Waals surface area contributed by atoms with Crippen LogP contribution in [0, 0.1) is 28.6 Å². The Balaban J connectivity index is 2.31. The largest absolute Gasteiger partial charge is 0.504 e. The molecule has 0 aromatic carbocycles. The molecule has 2 aliphatic rings. The Kier molecular flexibility index (Phi) is 4.98. The fourth-order valence-corrected chi connectivity index (χ4v) is 4.76. The number of rotatable bonds is 5. The van der Waals surface area contributed by atoms with E-state index in [1.54, 1.807) is 6.08 Å². The maximum atomic E-state index is 12.2. The highest BCUT2D eigenvalue weighted by Gasteiger charge is 2.55. The number of allylic oxidation sites excluding steroid dienone is 2. The van der Waals surface area contributed by atoms with Crippen LogP contribution < -0.4 is 0 Å². The van der Waals surface area contributed by atoms with E-state index < -0.39 is 5.97 Å². The van der Waals surface area contributed by atoms with Crippen LogP contribution in [0.1, 0.15) is 59.8 Å². The second kappa shape index (κ2) is 6.38. The minimum Gasteiger partial charge on any atom is -0.504 e. The zero-order valence-corrected chi connectivity index (χ0v) is 15.3. The Hall–Kier alpha value is -1.58. The second-order valence-electron chi connectivity index (χ2n) is 8.44. The second-order valence-corrected chi connectivity index (χ2v) is 8.44. The molecule has 4 nitrogen and oxygen atoms in total. The van der Waals surface area contributed by atoms with Crippen LogP contribution >= 0.6 is 0 Å². The Morgan fingerprint density at radius 3 is 2.67 bits per heavy atom. The minimum absolute atomic E-state index is 0.0518. The summed E-state index contributed by atoms with van der Waals surface area (Å²) in [5.41, 5.74) is 0.113. The standard InChI is InChI=1S/C20H30O4/c1-12(10-17(22)23)6-8-19(4)13(2)7-9-20(5)14(3)18(24)15(21)11-16(19)20/h11-13,16,21H,3,6-10H2,1-2,4-5H3,(H,22,23)/t12-,13-,16-,19+,20-/m1/s1. The molecule has 2 N–H and O–H groups in total. The molecule has 0 saturated heterocycles. The number of carboxylic acid groups (broad SMARTS) is 1. The van der Waals surface area contributed by atoms with Gasteiger partial charge in [-0.05, 0) is 54.9 Å². The lowest BCUT2D eigenvalue weighted by Crippen LogP contribution is -2.51. The van der Waals surface area contributed by atoms with Crippen molar-refractivity contribution in [3.8, 4) is 0 Å². The molecule has 0 aromatic heterocycles. The van der Waals surface area contributed by atoms with Crippen molar-refractivity contribution in [2.75, 3.05) is 0 Å². The molecule has 1 fully saturated rings. The van der Waals surface area contributed by atoms with Crippen molar-refractivity contribution < 1.29 is 19.8 Å². The Labute approximate surface area is 144 Å². The number of fused-ring (bicyclic) bond motifs is 1. The van der Waals surface area contributed by atoms with E-state index in [2.05, 4.69) is 27.4 Å². The lowest BCUT2D eigenvalue weighted by molar-refractivity contribution is -0.138. The first kappa shape index (κ1) is 18.8. The number of aliphatic hydroxyl groups excluding tert-OH is 1. The van der Waals surface area contributed by atoms with Gasteiger partial charge in [-0.15, -0.1) is 0 Å². The van der Waals surface area contributed by atoms with Gasteiger partial charge in [0.15, 0.2) is 5.76 Å². The highest BCUT2D eigenvalue weighted by Crippen LogP contribution is 2.61. The van der Waals surface area contributed by atoms with E-state index >= 15 is 0 Å². The smallest absolute Gasteiger partial charge is 0.303 e. The van der Waals surface area contributed by atoms with Crippen LogP contribution in [-0.4, -0.2) is 22.0 Å². The summed E-state index contributed by atoms with van der Waals surface area (Å²) >= 11 is 0. The number of carbonyl (C=O) groups excluding carboxylic acids is 1. The number of aliphatic carboxylic acids is 1. The SMILES string of the molecule is C=C1C(=O)C(O)=C[C@@H]2[C@@](C)(CC[C@@H](C)CC(=O)O)[C@H](C)CC[C@]12C. The fraction of sp³-hybridized carbons (Fsp3) is 0.700. The summed E-state index contributed by atoms with van der Waals surface area (Å²) in [7, 11) is 0. The molecule has 0 aliphatic heterocycles. The third-order valence-corrected chi connectivity index (χ3v) is 6.84. The molecule has 1 saturated carbocycles. The summed E-state index contributed by atoms with van der Waals surface area (Å²) in [6.07, 6.45) is 5.54. The molecule has 0 aromatic rings. The number of carboxylic acids is 1. The van der Waals surface area contributed by atoms with E-state index in [0.29, 0.717) is 11.5 Å². The first-order chi connectivity index (χ1) is 11.0. The van der Waals surface area contributed by atoms with Crippen molar-refractivity contribution >= 4 is 11.8 Å². The topological polar surface area (TPSA) is 74.6 Å². The van der Waals surface area contributed by atoms with E-state index in [1.165, 1.54) is 0 Å². The van der Waals surface area contributed by atoms with Crippen molar-refractivity contribution in [1.29, 1.82) is 0 Å². The van der Waals surface area contributed by atoms with Gasteiger partial charge in [-0.2, -0.15) is 0 Å². The molecule has 0 amide bonds. The number of aliphatic hydroxyl groups is 1. The van der Waals surface area contributed by atoms with Crippen LogP contribution in [0.25, 0.3) is 0 Å². The summed E-state index contributed by atoms with van der Waals surface area (Å²) < 4.78 is 0. The van der Waals surface area contributed by atoms with Crippen molar-refractivity contribution in [3.05, 3.63) is 24.0 Å². The average molecular weight is 334 g/mol. The molecule has 0 radical (unpaired) electrons. The highest BCUT2D eigenvalue weighted by atomic mass is 16.4. The summed E-state index contributed by atoms with van der Waals surface area (Å²) in [6, 6.07) is 0. The predicted molar refractivity (Wildman–Crippen MR) is 93.6 cm³/mol. The van der Waals surface area contributed by atoms with E-state index in [4.69, 9.17) is 5.11 Å². The monoisotopic (exact) mass is 334 g/mol. The van der Waals surface area contributed by atoms with Gasteiger partial charge in [-0.25, -0.2) is 0 Å². The van der Waals surface area contributed by atoms with Crippen molar-refractivity contribution in [2.24, 2.45) is 28.6 Å². The lowest BCUT2D eigenvalue weighted by atomic mass is 9.47. The van der Waals surface area contributed by atoms with Gasteiger partial charge in [0, 0.05) is 17.4 Å². The van der Waals surface area contributed by atoms with Crippen molar-refractivity contribution in [3.63, 3.8) is 0 Å². The molecule has 5 atom stereocenters. The molecule has 0 heterocycles. The van der Waals surface area contributed by atoms with Crippen LogP contribution in [0.4, 0.5) is 0 Å². The number of ketones is 1. The first-order valence-electron chi connectivity index (χ1n) is 8.89. The van der Waals surface area contributed by atoms with E-state index in [9.17, 15) is 14.7 Å². The molecular formula is C20H30O4. The van der Waals surface area contributed by atoms with Crippen LogP contribution in [0.15, 0.2) is 24.0 Å². The van der Waals surface area contributed by atoms with Gasteiger partial charge in [0.2, 0.25) is 5.78 Å². The molecule has 0 unspecified atom stereocenters. The maximum absolute atomic E-state index is 12.2. The Morgan fingerprint density at radius 2 is 2.08 bits per heavy atom. The van der Waals surface area contributed by atoms with E-state index in [1.807, 2.05) is 6.92 Å². The Morgan fingerprint density at radius 1 is 1.46 bits per heavy atom. The van der Waals surface area contributed by atoms with Gasteiger partial charge in [-0.3, -0.25) is 9.59 Å². The number of hydrogen-bond acceptors (Lipinski definition) is 3. The lowest BCUT2D eigenvalue weighted by Gasteiger charge is -2.56. The minimum atomic E-state index is -0.761. The third-order valence-electron chi connectivity index (χ3n) is 6.84. The van der Waals surface area contributed by atoms with Crippen LogP contribution in [0.2, 0.25) is 0 Å². The Bertz CT molecular complexity index is 590. The summed E-state index contributed by atoms with van der Waals surface area (Å²) in [4.78, 5) is 23.1. The van der Waals surface area contributed by atoms with Crippen LogP contribution in [0.3, 0.4) is 0 Å². The number of Topliss-reactive ketones (excluding diaryl/α,β-unsaturated/α-hetero) is 1. The van der Waals surface area contributed by atoms with Crippen LogP contribution in [0.5, 0.6) is 0 Å². The quantitative estimate of drug-likeness (QED) is 0.725. The fourth-order valence-electron chi connectivity index (χ4n) is 4.76. The van der Waals surface area contributed by atoms with Gasteiger partial charge in [0.1, 0.15) is 0 Å². The number of hydrogen-bond donors (Lipinski definition) is 2. The molecule has 134 valence electrons. The normalized spacial score (nSPS) is 37.6. The van der Waals surface area contributed by atoms with Crippen molar-refractivity contribution in [1.82, 2.24) is 0 Å². The van der Waals surface area contributed by atoms with Gasteiger partial charge in [0.25, 0.3) is 0 Å². The summed E-state index contributed by atoms with van der Waals surface area (Å²) in [5.74, 6) is -0.658. The summed E-state index contributed by atoms with van der Waals surface area (Å²) in [6.45, 7) is 12.5. The third kappa shape index (κ3) is 3.03. The molecule has 0 spiro atoms. The molecule has 24 heavy (non-hydrogen) atoms. The van der Waals surface area contributed by atoms with Gasteiger partial charge < -0.3 is 10.2 Å². The first-order valence-corrected chi connectivity index (χ1v) is 8.89. The molecule has 0 bridgehead atoms. The van der Waals surface area contributed by atoms with Gasteiger partial charge in [-0.1, -0.05) is 34.3 Å². The van der Waals surface area contributed by atoms with Crippen LogP contribution in [-0.2, 0) is 9.59 Å². The number of carbonyl (C=O) groups is 2. The van der Waals surface area contributed by atoms with E-state index in [-0.39, 0.29) is 40.6 Å². The van der Waals surface area contributed by atoms with E-state index in [0.717, 1.165) is 25.7 Å². The molecule has 4 heteroatoms. The van der Waals surface area contributed by atoms with Crippen molar-refractivity contribution in [2.45, 2.75) is 59.8 Å². The molecular weight excluding hydrogens is 304 g/mol.